The zero-order valence-corrected chi connectivity index (χ0v) is 22.1. The first-order valence-corrected chi connectivity index (χ1v) is 14.3. The summed E-state index contributed by atoms with van der Waals surface area (Å²) in [4.78, 5) is 13.8. The van der Waals surface area contributed by atoms with Crippen LogP contribution in [0.3, 0.4) is 0 Å². The fourth-order valence-electron chi connectivity index (χ4n) is 5.65. The van der Waals surface area contributed by atoms with Gasteiger partial charge in [0.2, 0.25) is 0 Å². The summed E-state index contributed by atoms with van der Waals surface area (Å²) < 4.78 is 40.4. The molecule has 0 spiro atoms. The van der Waals surface area contributed by atoms with Gasteiger partial charge in [0.1, 0.15) is 5.82 Å². The Morgan fingerprint density at radius 2 is 1.70 bits per heavy atom. The fourth-order valence-corrected chi connectivity index (χ4v) is 7.56. The first kappa shape index (κ1) is 26.0. The Bertz CT molecular complexity index is 1320. The van der Waals surface area contributed by atoms with E-state index in [-0.39, 0.29) is 27.1 Å². The largest absolute Gasteiger partial charge is 0.478 e. The molecule has 1 atom stereocenters. The first-order chi connectivity index (χ1) is 17.7. The van der Waals surface area contributed by atoms with Gasteiger partial charge in [-0.2, -0.15) is 4.31 Å². The van der Waals surface area contributed by atoms with Crippen molar-refractivity contribution in [2.45, 2.75) is 43.0 Å². The van der Waals surface area contributed by atoms with E-state index >= 15 is 4.39 Å². The molecule has 9 heteroatoms. The molecule has 5 rings (SSSR count). The molecule has 3 N–H and O–H groups in total. The van der Waals surface area contributed by atoms with E-state index in [4.69, 9.17) is 11.6 Å². The van der Waals surface area contributed by atoms with Crippen molar-refractivity contribution in [3.05, 3.63) is 77.1 Å². The van der Waals surface area contributed by atoms with Crippen LogP contribution >= 0.6 is 22.4 Å². The lowest BCUT2D eigenvalue weighted by atomic mass is 9.83. The molecular weight excluding hydrogens is 515 g/mol. The molecule has 0 bridgehead atoms. The van der Waals surface area contributed by atoms with Crippen LogP contribution in [0.4, 0.5) is 15.8 Å². The molecular formula is C28H30ClFN2O4S. The first-order valence-electron chi connectivity index (χ1n) is 12.4. The lowest BCUT2D eigenvalue weighted by Crippen LogP contribution is -2.45. The van der Waals surface area contributed by atoms with Gasteiger partial charge in [-0.25, -0.2) is 9.18 Å². The van der Waals surface area contributed by atoms with Crippen LogP contribution in [0.5, 0.6) is 0 Å². The number of halogens is 2. The third kappa shape index (κ3) is 4.73. The van der Waals surface area contributed by atoms with E-state index < -0.39 is 28.1 Å². The number of aromatic carboxylic acids is 1. The Morgan fingerprint density at radius 1 is 1.00 bits per heavy atom. The second-order valence-electron chi connectivity index (χ2n) is 9.75. The normalized spacial score (nSPS) is 21.2. The quantitative estimate of drug-likeness (QED) is 0.309. The SMILES string of the molecule is CN1C(C2CCCCC2)CN(c2ccccc2)c2cc(Cl)c(-c3cccc(C(=O)O)c3F)cc2S1(O)O. The standard InChI is InChI=1S/C28H30ClFN2O4S/c1-31-25(18-9-4-2-5-10-18)17-32(19-11-6-3-7-12-19)24-16-23(29)22(15-26(24)37(31,35)36)20-13-8-14-21(27(20)30)28(33)34/h3,6-8,11-16,18,25,35-36H,2,4-5,9-10,17H2,1H3,(H,33,34). The van der Waals surface area contributed by atoms with Gasteiger partial charge in [-0.3, -0.25) is 9.11 Å². The number of carboxylic acids is 1. The second kappa shape index (κ2) is 10.3. The number of likely N-dealkylation sites (N-methyl/N-ethyl adjacent to an activating group) is 1. The van der Waals surface area contributed by atoms with Crippen molar-refractivity contribution in [1.29, 1.82) is 0 Å². The summed E-state index contributed by atoms with van der Waals surface area (Å²) in [7, 11) is -1.75. The maximum Gasteiger partial charge on any atom is 0.338 e. The molecule has 1 fully saturated rings. The van der Waals surface area contributed by atoms with Gasteiger partial charge in [-0.05, 0) is 49.1 Å². The van der Waals surface area contributed by atoms with E-state index in [1.807, 2.05) is 30.3 Å². The average Bonchev–Trinajstić information content (AvgIpc) is 2.97. The Hall–Kier alpha value is -2.62. The van der Waals surface area contributed by atoms with E-state index in [2.05, 4.69) is 4.90 Å². The zero-order chi connectivity index (χ0) is 26.3. The van der Waals surface area contributed by atoms with Gasteiger partial charge in [0.05, 0.1) is 21.2 Å². The molecule has 0 saturated heterocycles. The van der Waals surface area contributed by atoms with Crippen LogP contribution in [0.25, 0.3) is 11.1 Å². The van der Waals surface area contributed by atoms with E-state index in [1.165, 1.54) is 30.7 Å². The highest BCUT2D eigenvalue weighted by atomic mass is 35.5. The van der Waals surface area contributed by atoms with Crippen LogP contribution in [-0.4, -0.2) is 44.1 Å². The number of carbonyl (C=O) groups is 1. The summed E-state index contributed by atoms with van der Waals surface area (Å²) in [6.07, 6.45) is 5.44. The van der Waals surface area contributed by atoms with E-state index in [9.17, 15) is 19.0 Å². The van der Waals surface area contributed by atoms with Crippen molar-refractivity contribution in [2.24, 2.45) is 5.92 Å². The van der Waals surface area contributed by atoms with Crippen molar-refractivity contribution in [1.82, 2.24) is 4.31 Å². The third-order valence-electron chi connectivity index (χ3n) is 7.65. The fraction of sp³-hybridized carbons (Fsp3) is 0.321. The second-order valence-corrected chi connectivity index (χ2v) is 12.2. The zero-order valence-electron chi connectivity index (χ0n) is 20.5. The van der Waals surface area contributed by atoms with Crippen LogP contribution in [0.2, 0.25) is 5.02 Å². The minimum Gasteiger partial charge on any atom is -0.478 e. The van der Waals surface area contributed by atoms with Gasteiger partial charge < -0.3 is 10.0 Å². The summed E-state index contributed by atoms with van der Waals surface area (Å²) in [5.41, 5.74) is 1.15. The van der Waals surface area contributed by atoms with Gasteiger partial charge in [0.25, 0.3) is 0 Å². The molecule has 1 saturated carbocycles. The van der Waals surface area contributed by atoms with E-state index in [0.717, 1.165) is 31.4 Å². The molecule has 37 heavy (non-hydrogen) atoms. The minimum absolute atomic E-state index is 0.00936. The minimum atomic E-state index is -3.49. The molecule has 3 aromatic rings. The molecule has 1 aliphatic carbocycles. The number of anilines is 2. The molecule has 1 heterocycles. The van der Waals surface area contributed by atoms with Gasteiger partial charge in [-0.15, -0.1) is 10.8 Å². The smallest absolute Gasteiger partial charge is 0.338 e. The maximum atomic E-state index is 15.2. The average molecular weight is 545 g/mol. The van der Waals surface area contributed by atoms with Crippen molar-refractivity contribution in [3.63, 3.8) is 0 Å². The van der Waals surface area contributed by atoms with Gasteiger partial charge in [0.15, 0.2) is 0 Å². The highest BCUT2D eigenvalue weighted by Gasteiger charge is 2.41. The summed E-state index contributed by atoms with van der Waals surface area (Å²) in [5.74, 6) is -2.01. The highest BCUT2D eigenvalue weighted by Crippen LogP contribution is 2.60. The van der Waals surface area contributed by atoms with Crippen LogP contribution in [-0.2, 0) is 0 Å². The molecule has 0 radical (unpaired) electrons. The van der Waals surface area contributed by atoms with Gasteiger partial charge in [0, 0.05) is 36.4 Å². The summed E-state index contributed by atoms with van der Waals surface area (Å²) in [6, 6.07) is 16.8. The predicted molar refractivity (Wildman–Crippen MR) is 146 cm³/mol. The van der Waals surface area contributed by atoms with Crippen molar-refractivity contribution in [3.8, 4) is 11.1 Å². The number of nitrogens with zero attached hydrogens (tertiary/aromatic N) is 2. The monoisotopic (exact) mass is 544 g/mol. The molecule has 1 unspecified atom stereocenters. The maximum absolute atomic E-state index is 15.2. The lowest BCUT2D eigenvalue weighted by Gasteiger charge is -2.46. The number of hydrogen-bond acceptors (Lipinski definition) is 5. The Morgan fingerprint density at radius 3 is 2.38 bits per heavy atom. The Labute approximate surface area is 222 Å². The topological polar surface area (TPSA) is 84.2 Å². The van der Waals surface area contributed by atoms with Crippen molar-refractivity contribution < 1.29 is 23.4 Å². The Kier molecular flexibility index (Phi) is 7.22. The van der Waals surface area contributed by atoms with Crippen molar-refractivity contribution in [2.75, 3.05) is 18.5 Å². The van der Waals surface area contributed by atoms with Crippen LogP contribution in [0.15, 0.2) is 65.6 Å². The molecule has 6 nitrogen and oxygen atoms in total. The number of benzene rings is 3. The lowest BCUT2D eigenvalue weighted by molar-refractivity contribution is 0.0692. The van der Waals surface area contributed by atoms with E-state index in [0.29, 0.717) is 18.2 Å². The summed E-state index contributed by atoms with van der Waals surface area (Å²) in [6.45, 7) is 0.534. The number of carboxylic acid groups (broad SMARTS) is 1. The molecule has 3 aromatic carbocycles. The van der Waals surface area contributed by atoms with E-state index in [1.54, 1.807) is 17.4 Å². The third-order valence-corrected chi connectivity index (χ3v) is 9.96. The van der Waals surface area contributed by atoms with Gasteiger partial charge >= 0.3 is 5.97 Å². The summed E-state index contributed by atoms with van der Waals surface area (Å²) in [5, 5.41) is 9.59. The molecule has 0 aromatic heterocycles. The van der Waals surface area contributed by atoms with Crippen LogP contribution in [0, 0.1) is 11.7 Å². The van der Waals surface area contributed by atoms with Crippen molar-refractivity contribution >= 4 is 39.7 Å². The highest BCUT2D eigenvalue weighted by molar-refractivity contribution is 8.22. The van der Waals surface area contributed by atoms with Gasteiger partial charge in [-0.1, -0.05) is 61.2 Å². The van der Waals surface area contributed by atoms with Crippen LogP contribution < -0.4 is 4.90 Å². The Balaban J connectivity index is 1.71. The predicted octanol–water partition coefficient (Wildman–Crippen LogP) is 7.90. The number of rotatable bonds is 4. The summed E-state index contributed by atoms with van der Waals surface area (Å²) >= 11 is 6.71. The number of hydrogen-bond donors (Lipinski definition) is 3. The number of fused-ring (bicyclic) bond motifs is 1. The molecule has 1 aliphatic heterocycles. The van der Waals surface area contributed by atoms with Crippen LogP contribution in [0.1, 0.15) is 42.5 Å². The molecule has 196 valence electrons. The molecule has 2 aliphatic rings. The molecule has 0 amide bonds. The number of para-hydroxylation sites is 1.